The Bertz CT molecular complexity index is 1060. The minimum absolute atomic E-state index is 0. The third-order valence-corrected chi connectivity index (χ3v) is 5.27. The molecule has 0 radical (unpaired) electrons. The number of hydrogen-bond acceptors (Lipinski definition) is 6. The van der Waals surface area contributed by atoms with Gasteiger partial charge in [-0.05, 0) is 29.8 Å². The van der Waals surface area contributed by atoms with Crippen LogP contribution in [0.25, 0.3) is 0 Å². The first-order valence-corrected chi connectivity index (χ1v) is 11.0. The van der Waals surface area contributed by atoms with Crippen LogP contribution in [0.2, 0.25) is 0 Å². The summed E-state index contributed by atoms with van der Waals surface area (Å²) in [6.45, 7) is 4.20. The number of nitrogens with zero attached hydrogens (tertiary/aromatic N) is 4. The van der Waals surface area contributed by atoms with Gasteiger partial charge in [0.25, 0.3) is 0 Å². The van der Waals surface area contributed by atoms with Gasteiger partial charge in [0.1, 0.15) is 17.9 Å². The zero-order chi connectivity index (χ0) is 21.4. The Kier molecular flexibility index (Phi) is 9.45. The molecule has 2 aromatic heterocycles. The van der Waals surface area contributed by atoms with Crippen LogP contribution in [0, 0.1) is 0 Å². The van der Waals surface area contributed by atoms with Gasteiger partial charge in [0.15, 0.2) is 5.96 Å². The van der Waals surface area contributed by atoms with E-state index in [0.29, 0.717) is 32.1 Å². The van der Waals surface area contributed by atoms with Crippen molar-refractivity contribution in [2.45, 2.75) is 37.9 Å². The van der Waals surface area contributed by atoms with Gasteiger partial charge in [-0.25, -0.2) is 18.5 Å². The van der Waals surface area contributed by atoms with E-state index in [1.54, 1.807) is 24.7 Å². The second-order valence-corrected chi connectivity index (χ2v) is 8.07. The van der Waals surface area contributed by atoms with Crippen LogP contribution in [0.15, 0.2) is 63.3 Å². The zero-order valence-corrected chi connectivity index (χ0v) is 20.2. The highest BCUT2D eigenvalue weighted by Crippen LogP contribution is 2.09. The number of nitrogens with one attached hydrogen (secondary N) is 2. The summed E-state index contributed by atoms with van der Waals surface area (Å²) in [5, 5.41) is 19.7. The smallest absolute Gasteiger partial charge is 0.238 e. The topological polar surface area (TPSA) is 140 Å². The van der Waals surface area contributed by atoms with E-state index in [1.165, 1.54) is 12.1 Å². The van der Waals surface area contributed by atoms with Crippen LogP contribution >= 0.6 is 24.0 Å². The number of nitrogens with two attached hydrogens (primary N) is 1. The molecule has 0 aliphatic carbocycles. The van der Waals surface area contributed by atoms with Gasteiger partial charge in [-0.2, -0.15) is 0 Å². The number of guanidine groups is 1. The van der Waals surface area contributed by atoms with Crippen LogP contribution in [0.3, 0.4) is 0 Å². The quantitative estimate of drug-likeness (QED) is 0.206. The molecule has 0 aliphatic rings. The van der Waals surface area contributed by atoms with Crippen molar-refractivity contribution in [1.82, 2.24) is 25.4 Å². The molecule has 3 aromatic rings. The Morgan fingerprint density at radius 3 is 2.65 bits per heavy atom. The monoisotopic (exact) mass is 559 g/mol. The maximum Gasteiger partial charge on any atom is 0.238 e. The Labute approximate surface area is 198 Å². The molecule has 0 aliphatic heterocycles. The molecule has 12 heteroatoms. The van der Waals surface area contributed by atoms with Crippen molar-refractivity contribution < 1.29 is 12.8 Å². The minimum Gasteiger partial charge on any atom is -0.467 e. The van der Waals surface area contributed by atoms with Crippen molar-refractivity contribution in [2.24, 2.45) is 10.1 Å². The molecule has 1 aromatic carbocycles. The number of primary sulfonamides is 1. The summed E-state index contributed by atoms with van der Waals surface area (Å²) in [4.78, 5) is 4.65. The standard InChI is InChI=1S/C19H25N7O3S.HI/c1-2-18-25-24-14-26(18)10-9-21-19(23-13-16-4-3-11-29-16)22-12-15-5-7-17(8-6-15)30(20,27)28;/h3-8,11,14H,2,9-10,12-13H2,1H3,(H2,20,27,28)(H2,21,22,23);1H. The number of rotatable bonds is 9. The molecule has 0 fully saturated rings. The van der Waals surface area contributed by atoms with Gasteiger partial charge in [0.2, 0.25) is 10.0 Å². The molecule has 0 atom stereocenters. The molecule has 0 saturated heterocycles. The lowest BCUT2D eigenvalue weighted by atomic mass is 10.2. The van der Waals surface area contributed by atoms with Crippen molar-refractivity contribution in [3.8, 4) is 0 Å². The van der Waals surface area contributed by atoms with Crippen molar-refractivity contribution in [3.05, 3.63) is 66.1 Å². The summed E-state index contributed by atoms with van der Waals surface area (Å²) in [5.41, 5.74) is 0.855. The van der Waals surface area contributed by atoms with Crippen molar-refractivity contribution in [3.63, 3.8) is 0 Å². The van der Waals surface area contributed by atoms with Crippen molar-refractivity contribution in [2.75, 3.05) is 6.54 Å². The largest absolute Gasteiger partial charge is 0.467 e. The SMILES string of the molecule is CCc1nncn1CCNC(=NCc1ccc(S(N)(=O)=O)cc1)NCc1ccco1.I. The number of halogens is 1. The molecule has 0 spiro atoms. The van der Waals surface area contributed by atoms with Gasteiger partial charge in [-0.1, -0.05) is 19.1 Å². The third-order valence-electron chi connectivity index (χ3n) is 4.34. The van der Waals surface area contributed by atoms with Gasteiger partial charge in [-0.15, -0.1) is 34.2 Å². The van der Waals surface area contributed by atoms with E-state index in [-0.39, 0.29) is 28.9 Å². The van der Waals surface area contributed by atoms with Crippen LogP contribution in [-0.2, 0) is 36.1 Å². The summed E-state index contributed by atoms with van der Waals surface area (Å²) in [6.07, 6.45) is 4.14. The molecule has 0 unspecified atom stereocenters. The number of sulfonamides is 1. The molecular formula is C19H26IN7O3S. The Hall–Kier alpha value is -2.45. The summed E-state index contributed by atoms with van der Waals surface area (Å²) in [7, 11) is -3.71. The molecular weight excluding hydrogens is 533 g/mol. The second kappa shape index (κ2) is 11.8. The van der Waals surface area contributed by atoms with E-state index >= 15 is 0 Å². The lowest BCUT2D eigenvalue weighted by Gasteiger charge is -2.13. The zero-order valence-electron chi connectivity index (χ0n) is 17.1. The lowest BCUT2D eigenvalue weighted by molar-refractivity contribution is 0.501. The van der Waals surface area contributed by atoms with E-state index < -0.39 is 10.0 Å². The van der Waals surface area contributed by atoms with Crippen LogP contribution in [0.4, 0.5) is 0 Å². The van der Waals surface area contributed by atoms with Gasteiger partial charge in [0.05, 0.1) is 24.2 Å². The van der Waals surface area contributed by atoms with E-state index in [9.17, 15) is 8.42 Å². The van der Waals surface area contributed by atoms with Crippen molar-refractivity contribution >= 4 is 40.0 Å². The molecule has 10 nitrogen and oxygen atoms in total. The highest BCUT2D eigenvalue weighted by molar-refractivity contribution is 14.0. The predicted octanol–water partition coefficient (Wildman–Crippen LogP) is 1.63. The van der Waals surface area contributed by atoms with E-state index in [2.05, 4.69) is 25.8 Å². The van der Waals surface area contributed by atoms with Crippen molar-refractivity contribution in [1.29, 1.82) is 0 Å². The molecule has 31 heavy (non-hydrogen) atoms. The number of benzene rings is 1. The summed E-state index contributed by atoms with van der Waals surface area (Å²) < 4.78 is 30.1. The summed E-state index contributed by atoms with van der Waals surface area (Å²) in [6, 6.07) is 10.0. The highest BCUT2D eigenvalue weighted by Gasteiger charge is 2.07. The molecule has 168 valence electrons. The second-order valence-electron chi connectivity index (χ2n) is 6.51. The van der Waals surface area contributed by atoms with Crippen LogP contribution < -0.4 is 15.8 Å². The van der Waals surface area contributed by atoms with Crippen LogP contribution in [0.1, 0.15) is 24.1 Å². The fourth-order valence-electron chi connectivity index (χ4n) is 2.75. The molecule has 3 rings (SSSR count). The number of hydrogen-bond donors (Lipinski definition) is 3. The van der Waals surface area contributed by atoms with E-state index in [4.69, 9.17) is 9.56 Å². The van der Waals surface area contributed by atoms with Gasteiger partial charge in [0, 0.05) is 19.5 Å². The van der Waals surface area contributed by atoms with Crippen LogP contribution in [-0.4, -0.2) is 35.7 Å². The van der Waals surface area contributed by atoms with Gasteiger partial charge >= 0.3 is 0 Å². The number of aryl methyl sites for hydroxylation is 1. The molecule has 0 bridgehead atoms. The third kappa shape index (κ3) is 7.63. The minimum atomic E-state index is -3.71. The number of aromatic nitrogens is 3. The predicted molar refractivity (Wildman–Crippen MR) is 127 cm³/mol. The molecule has 4 N–H and O–H groups in total. The van der Waals surface area contributed by atoms with Gasteiger partial charge in [-0.3, -0.25) is 0 Å². The van der Waals surface area contributed by atoms with E-state index in [0.717, 1.165) is 23.6 Å². The molecule has 2 heterocycles. The summed E-state index contributed by atoms with van der Waals surface area (Å²) >= 11 is 0. The lowest BCUT2D eigenvalue weighted by Crippen LogP contribution is -2.38. The fourth-order valence-corrected chi connectivity index (χ4v) is 3.26. The highest BCUT2D eigenvalue weighted by atomic mass is 127. The Morgan fingerprint density at radius 1 is 1.23 bits per heavy atom. The molecule has 0 saturated carbocycles. The Morgan fingerprint density at radius 2 is 2.00 bits per heavy atom. The normalized spacial score (nSPS) is 11.7. The number of aliphatic imine (C=N–C) groups is 1. The summed E-state index contributed by atoms with van der Waals surface area (Å²) in [5.74, 6) is 2.32. The van der Waals surface area contributed by atoms with Crippen LogP contribution in [0.5, 0.6) is 0 Å². The average Bonchev–Trinajstić information content (AvgIpc) is 3.41. The Balaban J connectivity index is 0.00000341. The maximum atomic E-state index is 11.4. The maximum absolute atomic E-state index is 11.4. The van der Waals surface area contributed by atoms with E-state index in [1.807, 2.05) is 23.6 Å². The molecule has 0 amide bonds. The average molecular weight is 559 g/mol. The first-order chi connectivity index (χ1) is 14.5. The number of furan rings is 1. The first kappa shape index (κ1) is 24.8. The fraction of sp³-hybridized carbons (Fsp3) is 0.316. The first-order valence-electron chi connectivity index (χ1n) is 9.48. The van der Waals surface area contributed by atoms with Gasteiger partial charge < -0.3 is 19.6 Å².